The average Bonchev–Trinajstić information content (AvgIpc) is 3.24. The van der Waals surface area contributed by atoms with E-state index in [0.717, 1.165) is 36.6 Å². The molecule has 1 aromatic carbocycles. The van der Waals surface area contributed by atoms with Crippen LogP contribution < -0.4 is 5.32 Å². The van der Waals surface area contributed by atoms with Crippen molar-refractivity contribution in [3.05, 3.63) is 53.4 Å². The number of imidazole rings is 1. The molecule has 0 aliphatic carbocycles. The van der Waals surface area contributed by atoms with Gasteiger partial charge in [-0.05, 0) is 32.4 Å². The maximum atomic E-state index is 13.5. The van der Waals surface area contributed by atoms with Gasteiger partial charge < -0.3 is 19.3 Å². The predicted molar refractivity (Wildman–Crippen MR) is 117 cm³/mol. The van der Waals surface area contributed by atoms with E-state index in [1.807, 2.05) is 51.1 Å². The first kappa shape index (κ1) is 21.2. The Balaban J connectivity index is 1.74. The van der Waals surface area contributed by atoms with Crippen LogP contribution in [0.15, 0.2) is 34.9 Å². The van der Waals surface area contributed by atoms with Crippen molar-refractivity contribution in [2.24, 2.45) is 5.41 Å². The van der Waals surface area contributed by atoms with E-state index in [-0.39, 0.29) is 11.3 Å². The molecule has 0 fully saturated rings. The normalized spacial score (nSPS) is 15.9. The van der Waals surface area contributed by atoms with E-state index in [0.29, 0.717) is 24.0 Å². The second-order valence-corrected chi connectivity index (χ2v) is 9.29. The minimum atomic E-state index is -0.428. The Hall–Kier alpha value is -3.00. The number of aromatic nitrogens is 4. The maximum absolute atomic E-state index is 13.5. The summed E-state index contributed by atoms with van der Waals surface area (Å²) in [5.41, 5.74) is 2.08. The molecular weight excluding hydrogens is 392 g/mol. The Labute approximate surface area is 182 Å². The number of carbonyl (C=O) groups is 1. The number of benzene rings is 1. The summed E-state index contributed by atoms with van der Waals surface area (Å²) in [6.07, 6.45) is 1.01. The molecule has 8 nitrogen and oxygen atoms in total. The number of rotatable bonds is 4. The van der Waals surface area contributed by atoms with Crippen LogP contribution in [0.4, 0.5) is 0 Å². The van der Waals surface area contributed by atoms with E-state index in [1.54, 1.807) is 6.92 Å². The molecule has 1 aliphatic rings. The first-order valence-corrected chi connectivity index (χ1v) is 10.7. The summed E-state index contributed by atoms with van der Waals surface area (Å²) in [5, 5.41) is 7.03. The molecule has 2 aromatic heterocycles. The van der Waals surface area contributed by atoms with Gasteiger partial charge in [0, 0.05) is 18.7 Å². The van der Waals surface area contributed by atoms with Crippen LogP contribution in [0.3, 0.4) is 0 Å². The lowest BCUT2D eigenvalue weighted by atomic mass is 9.86. The molecule has 0 bridgehead atoms. The van der Waals surface area contributed by atoms with E-state index in [4.69, 9.17) is 9.51 Å². The standard InChI is InChI=1S/C23H30N6O2/c1-15-24-22(31-27-15)19(23(2,3)4)26-21(30)18-17-14-28(5)12-9-13-29(17)20(25-18)16-10-7-6-8-11-16/h6-8,10-11,19H,9,12-14H2,1-5H3,(H,26,30)/t19-/m1/s1. The maximum Gasteiger partial charge on any atom is 0.272 e. The number of hydrogen-bond donors (Lipinski definition) is 1. The largest absolute Gasteiger partial charge is 0.338 e. The van der Waals surface area contributed by atoms with Crippen LogP contribution in [0.2, 0.25) is 0 Å². The van der Waals surface area contributed by atoms with Crippen molar-refractivity contribution >= 4 is 5.91 Å². The van der Waals surface area contributed by atoms with E-state index < -0.39 is 6.04 Å². The lowest BCUT2D eigenvalue weighted by Crippen LogP contribution is -2.37. The van der Waals surface area contributed by atoms with Crippen LogP contribution >= 0.6 is 0 Å². The smallest absolute Gasteiger partial charge is 0.272 e. The molecule has 0 saturated heterocycles. The molecule has 1 N–H and O–H groups in total. The SMILES string of the molecule is Cc1noc([C@@H](NC(=O)c2nc(-c3ccccc3)n3c2CN(C)CCC3)C(C)(C)C)n1. The van der Waals surface area contributed by atoms with Gasteiger partial charge in [0.05, 0.1) is 5.69 Å². The summed E-state index contributed by atoms with van der Waals surface area (Å²) >= 11 is 0. The van der Waals surface area contributed by atoms with Crippen molar-refractivity contribution in [2.75, 3.05) is 13.6 Å². The molecule has 4 rings (SSSR count). The van der Waals surface area contributed by atoms with Gasteiger partial charge in [0.25, 0.3) is 5.91 Å². The molecule has 1 atom stereocenters. The third-order valence-electron chi connectivity index (χ3n) is 5.59. The van der Waals surface area contributed by atoms with Gasteiger partial charge >= 0.3 is 0 Å². The number of carbonyl (C=O) groups excluding carboxylic acids is 1. The van der Waals surface area contributed by atoms with Crippen LogP contribution in [0.25, 0.3) is 11.4 Å². The van der Waals surface area contributed by atoms with Crippen LogP contribution in [-0.2, 0) is 13.1 Å². The summed E-state index contributed by atoms with van der Waals surface area (Å²) in [6, 6.07) is 9.61. The average molecular weight is 423 g/mol. The second kappa shape index (κ2) is 8.26. The molecule has 8 heteroatoms. The molecule has 1 amide bonds. The topological polar surface area (TPSA) is 89.1 Å². The van der Waals surface area contributed by atoms with Crippen LogP contribution in [0.1, 0.15) is 61.1 Å². The van der Waals surface area contributed by atoms with Gasteiger partial charge in [0.15, 0.2) is 11.5 Å². The van der Waals surface area contributed by atoms with Crippen molar-refractivity contribution in [1.29, 1.82) is 0 Å². The third kappa shape index (κ3) is 4.39. The highest BCUT2D eigenvalue weighted by Gasteiger charge is 2.35. The van der Waals surface area contributed by atoms with Crippen LogP contribution in [-0.4, -0.2) is 44.1 Å². The minimum absolute atomic E-state index is 0.225. The van der Waals surface area contributed by atoms with Crippen LogP contribution in [0.5, 0.6) is 0 Å². The lowest BCUT2D eigenvalue weighted by molar-refractivity contribution is 0.0874. The monoisotopic (exact) mass is 422 g/mol. The Morgan fingerprint density at radius 1 is 1.16 bits per heavy atom. The number of nitrogens with one attached hydrogen (secondary N) is 1. The molecule has 31 heavy (non-hydrogen) atoms. The highest BCUT2D eigenvalue weighted by molar-refractivity contribution is 5.94. The van der Waals surface area contributed by atoms with Crippen molar-refractivity contribution in [2.45, 2.75) is 53.2 Å². The summed E-state index contributed by atoms with van der Waals surface area (Å²) in [6.45, 7) is 10.4. The molecule has 0 saturated carbocycles. The molecule has 3 aromatic rings. The van der Waals surface area contributed by atoms with Gasteiger partial charge in [0.2, 0.25) is 5.89 Å². The number of amides is 1. The van der Waals surface area contributed by atoms with Gasteiger partial charge in [-0.1, -0.05) is 56.3 Å². The zero-order valence-corrected chi connectivity index (χ0v) is 18.8. The van der Waals surface area contributed by atoms with E-state index in [2.05, 4.69) is 32.0 Å². The summed E-state index contributed by atoms with van der Waals surface area (Å²) in [7, 11) is 2.08. The minimum Gasteiger partial charge on any atom is -0.338 e. The van der Waals surface area contributed by atoms with E-state index >= 15 is 0 Å². The van der Waals surface area contributed by atoms with Gasteiger partial charge in [-0.25, -0.2) is 4.98 Å². The first-order valence-electron chi connectivity index (χ1n) is 10.7. The highest BCUT2D eigenvalue weighted by Crippen LogP contribution is 2.33. The van der Waals surface area contributed by atoms with Crippen molar-refractivity contribution in [3.8, 4) is 11.4 Å². The zero-order valence-electron chi connectivity index (χ0n) is 18.8. The zero-order chi connectivity index (χ0) is 22.2. The first-order chi connectivity index (χ1) is 14.7. The summed E-state index contributed by atoms with van der Waals surface area (Å²) in [5.74, 6) is 1.56. The van der Waals surface area contributed by atoms with Crippen molar-refractivity contribution in [3.63, 3.8) is 0 Å². The summed E-state index contributed by atoms with van der Waals surface area (Å²) < 4.78 is 7.60. The molecule has 0 radical (unpaired) electrons. The van der Waals surface area contributed by atoms with E-state index in [1.165, 1.54) is 0 Å². The molecule has 0 spiro atoms. The second-order valence-electron chi connectivity index (χ2n) is 9.29. The molecular formula is C23H30N6O2. The number of nitrogens with zero attached hydrogens (tertiary/aromatic N) is 5. The van der Waals surface area contributed by atoms with Gasteiger partial charge in [-0.2, -0.15) is 4.98 Å². The third-order valence-corrected chi connectivity index (χ3v) is 5.59. The molecule has 164 valence electrons. The Morgan fingerprint density at radius 2 is 1.90 bits per heavy atom. The predicted octanol–water partition coefficient (Wildman–Crippen LogP) is 3.59. The van der Waals surface area contributed by atoms with Gasteiger partial charge in [-0.15, -0.1) is 0 Å². The fraction of sp³-hybridized carbons (Fsp3) is 0.478. The van der Waals surface area contributed by atoms with Gasteiger partial charge in [-0.3, -0.25) is 4.79 Å². The Bertz CT molecular complexity index is 1060. The van der Waals surface area contributed by atoms with E-state index in [9.17, 15) is 4.79 Å². The molecule has 1 aliphatic heterocycles. The number of hydrogen-bond acceptors (Lipinski definition) is 6. The fourth-order valence-corrected chi connectivity index (χ4v) is 3.99. The number of fused-ring (bicyclic) bond motifs is 1. The van der Waals surface area contributed by atoms with Crippen LogP contribution in [0, 0.1) is 12.3 Å². The fourth-order valence-electron chi connectivity index (χ4n) is 3.99. The Kier molecular flexibility index (Phi) is 5.66. The quantitative estimate of drug-likeness (QED) is 0.691. The van der Waals surface area contributed by atoms with Gasteiger partial charge in [0.1, 0.15) is 11.9 Å². The Morgan fingerprint density at radius 3 is 2.55 bits per heavy atom. The van der Waals surface area contributed by atoms with Crippen molar-refractivity contribution in [1.82, 2.24) is 29.9 Å². The van der Waals surface area contributed by atoms with Crippen molar-refractivity contribution < 1.29 is 9.32 Å². The molecule has 3 heterocycles. The molecule has 0 unspecified atom stereocenters. The number of aryl methyl sites for hydroxylation is 1. The lowest BCUT2D eigenvalue weighted by Gasteiger charge is -2.28. The summed E-state index contributed by atoms with van der Waals surface area (Å²) in [4.78, 5) is 24.9. The highest BCUT2D eigenvalue weighted by atomic mass is 16.5.